The summed E-state index contributed by atoms with van der Waals surface area (Å²) in [5.74, 6) is 0.698. The van der Waals surface area contributed by atoms with Gasteiger partial charge in [0.2, 0.25) is 45.6 Å². The summed E-state index contributed by atoms with van der Waals surface area (Å²) in [6.45, 7) is 51.4. The molecule has 8 aromatic heterocycles. The highest BCUT2D eigenvalue weighted by atomic mass is 15.0. The van der Waals surface area contributed by atoms with Crippen LogP contribution in [0.15, 0.2) is 159 Å². The molecule has 0 N–H and O–H groups in total. The number of rotatable bonds is 10. The van der Waals surface area contributed by atoms with Gasteiger partial charge in [-0.3, -0.25) is 0 Å². The van der Waals surface area contributed by atoms with Gasteiger partial charge in [-0.15, -0.1) is 0 Å². The van der Waals surface area contributed by atoms with Gasteiger partial charge in [0.25, 0.3) is 0 Å². The van der Waals surface area contributed by atoms with Crippen LogP contribution >= 0.6 is 0 Å². The van der Waals surface area contributed by atoms with Crippen LogP contribution in [-0.2, 0) is 62.8 Å². The van der Waals surface area contributed by atoms with E-state index in [2.05, 4.69) is 411 Å². The predicted molar refractivity (Wildman–Crippen MR) is 458 cm³/mol. The molecule has 0 bridgehead atoms. The number of pyridine rings is 8. The lowest BCUT2D eigenvalue weighted by atomic mass is 9.84. The molecule has 0 aliphatic heterocycles. The Morgan fingerprint density at radius 1 is 0.273 bits per heavy atom. The van der Waals surface area contributed by atoms with Crippen molar-refractivity contribution in [2.24, 2.45) is 61.8 Å². The Morgan fingerprint density at radius 3 is 0.964 bits per heavy atom. The number of aryl methyl sites for hydroxylation is 22. The summed E-state index contributed by atoms with van der Waals surface area (Å²) < 4.78 is 18.1. The van der Waals surface area contributed by atoms with Gasteiger partial charge in [0, 0.05) is 94.0 Å². The van der Waals surface area contributed by atoms with Crippen molar-refractivity contribution < 1.29 is 36.5 Å². The van der Waals surface area contributed by atoms with E-state index in [1.54, 1.807) is 0 Å². The molecule has 0 spiro atoms. The molecule has 8 heteroatoms. The highest BCUT2D eigenvalue weighted by Crippen LogP contribution is 2.42. The van der Waals surface area contributed by atoms with E-state index >= 15 is 0 Å². The van der Waals surface area contributed by atoms with Crippen LogP contribution in [-0.4, -0.2) is 0 Å². The van der Waals surface area contributed by atoms with Crippen LogP contribution in [0.5, 0.6) is 0 Å². The quantitative estimate of drug-likeness (QED) is 0.122. The zero-order chi connectivity index (χ0) is 80.6. The van der Waals surface area contributed by atoms with Gasteiger partial charge in [-0.25, -0.2) is 36.5 Å². The van der Waals surface area contributed by atoms with Crippen molar-refractivity contribution in [2.75, 3.05) is 0 Å². The summed E-state index contributed by atoms with van der Waals surface area (Å²) in [6, 6.07) is 41.1. The van der Waals surface area contributed by atoms with E-state index in [0.29, 0.717) is 5.92 Å². The lowest BCUT2D eigenvalue weighted by Gasteiger charge is -2.21. The molecule has 570 valence electrons. The maximum Gasteiger partial charge on any atom is 0.215 e. The second-order valence-electron chi connectivity index (χ2n) is 34.1. The lowest BCUT2D eigenvalue weighted by molar-refractivity contribution is -0.661. The van der Waals surface area contributed by atoms with Crippen LogP contribution in [0, 0.1) is 144 Å². The third kappa shape index (κ3) is 17.5. The average molecular weight is 1470 g/mol. The molecular weight excluding hydrogens is 1340 g/mol. The maximum absolute atomic E-state index is 2.47. The summed E-state index contributed by atoms with van der Waals surface area (Å²) in [6.07, 6.45) is 24.0. The minimum Gasteiger partial charge on any atom is -0.201 e. The molecule has 0 amide bonds. The fraction of sp³-hybridized carbons (Fsp3) is 0.373. The molecule has 13 rings (SSSR count). The zero-order valence-electron chi connectivity index (χ0n) is 73.2. The van der Waals surface area contributed by atoms with Crippen LogP contribution in [0.3, 0.4) is 0 Å². The Hall–Kier alpha value is -9.92. The average Bonchev–Trinajstić information content (AvgIpc) is 0.890. The number of hydrogen-bond acceptors (Lipinski definition) is 0. The standard InChI is InChI=1S/C28H38N2.C26H32N2.C25H32N2.C23H28N2/c1-18-11-13-29(9)26(20(18)3)24-15-23(17-28(6,7)8)16-25(22(24)5)27-21(4)19(2)12-14-30(27)10;1-18-14-26(28(5)17-19(18)2)24-16-22(21-10-6-7-11-21)15-23(20(24)3)25-12-8-9-13-27(25)4;1-15-11-22(26(8)13-19(15)5)24-17(3)10-18(4)25(21(24)7)23-12-16(2)20(6)14-27(23)9;1-15-13-21(25(7)14-18(15)4)23-17(3)12-16(2)22(19(23)5)20-10-8-9-11-24(20)6/h11-16H,17H2,1-10H3;8-9,12-17,21H,6-7,10-11H2,1-5H3;10-14H,1-9H3;8-14H,1-7H3/q4*+2. The summed E-state index contributed by atoms with van der Waals surface area (Å²) >= 11 is 0. The Bertz CT molecular complexity index is 5370. The SMILES string of the molecule is Cc1cc(-c2c(C)cc(C)c(-c3cc(C)c(C)c[n+]3C)c2C)[n+](C)cc1C.Cc1cc(-c2c(C)cc(C)c(-c3cccc[n+]3C)c2C)[n+](C)cc1C.Cc1cc(-c2cc(C3CCCC3)cc(-c3cccc[n+]3C)c2C)[n+](C)cc1C.Cc1cc[n+](C)c(-c2cc(CC(C)(C)C)cc(-c3c(C)c(C)cc[n+]3C)c2C)c1C. The molecule has 0 radical (unpaired) electrons. The van der Waals surface area contributed by atoms with Gasteiger partial charge in [0.15, 0.2) is 49.6 Å². The van der Waals surface area contributed by atoms with Gasteiger partial charge in [-0.1, -0.05) is 45.7 Å². The second-order valence-corrected chi connectivity index (χ2v) is 34.1. The van der Waals surface area contributed by atoms with E-state index in [1.807, 2.05) is 0 Å². The largest absolute Gasteiger partial charge is 0.215 e. The van der Waals surface area contributed by atoms with Crippen molar-refractivity contribution in [3.8, 4) is 90.1 Å². The van der Waals surface area contributed by atoms with Crippen LogP contribution in [0.1, 0.15) is 175 Å². The monoisotopic (exact) mass is 1470 g/mol. The fourth-order valence-electron chi connectivity index (χ4n) is 17.4. The Morgan fingerprint density at radius 2 is 0.600 bits per heavy atom. The molecule has 0 unspecified atom stereocenters. The molecular formula is C102H130N8+8. The number of aromatic nitrogens is 8. The van der Waals surface area contributed by atoms with Gasteiger partial charge in [0.05, 0.1) is 44.5 Å². The summed E-state index contributed by atoms with van der Waals surface area (Å²) in [5.41, 5.74) is 51.0. The summed E-state index contributed by atoms with van der Waals surface area (Å²) in [7, 11) is 17.2. The number of benzene rings is 4. The van der Waals surface area contributed by atoms with Crippen molar-refractivity contribution in [3.63, 3.8) is 0 Å². The van der Waals surface area contributed by atoms with Gasteiger partial charge in [-0.2, -0.15) is 0 Å². The molecule has 8 heterocycles. The molecule has 1 aliphatic rings. The van der Waals surface area contributed by atoms with Crippen LogP contribution in [0.25, 0.3) is 90.1 Å². The highest BCUT2D eigenvalue weighted by molar-refractivity contribution is 5.82. The van der Waals surface area contributed by atoms with Crippen molar-refractivity contribution in [2.45, 2.75) is 197 Å². The summed E-state index contributed by atoms with van der Waals surface area (Å²) in [5, 5.41) is 0. The molecule has 4 aromatic carbocycles. The van der Waals surface area contributed by atoms with Gasteiger partial charge < -0.3 is 0 Å². The first kappa shape index (κ1) is 82.6. The third-order valence-corrected chi connectivity index (χ3v) is 24.3. The topological polar surface area (TPSA) is 31.0 Å². The van der Waals surface area contributed by atoms with E-state index in [0.717, 1.165) is 6.42 Å². The molecule has 1 aliphatic carbocycles. The number of hydrogen-bond donors (Lipinski definition) is 0. The Labute approximate surface area is 662 Å². The zero-order valence-corrected chi connectivity index (χ0v) is 73.2. The van der Waals surface area contributed by atoms with E-state index in [-0.39, 0.29) is 5.41 Å². The van der Waals surface area contributed by atoms with Crippen molar-refractivity contribution in [1.29, 1.82) is 0 Å². The van der Waals surface area contributed by atoms with Crippen molar-refractivity contribution >= 4 is 0 Å². The van der Waals surface area contributed by atoms with E-state index in [1.165, 1.54) is 238 Å². The molecule has 1 fully saturated rings. The van der Waals surface area contributed by atoms with Crippen LogP contribution < -0.4 is 36.5 Å². The van der Waals surface area contributed by atoms with Gasteiger partial charge in [0.1, 0.15) is 56.4 Å². The highest BCUT2D eigenvalue weighted by Gasteiger charge is 2.31. The number of nitrogens with zero attached hydrogens (tertiary/aromatic N) is 8. The van der Waals surface area contributed by atoms with E-state index < -0.39 is 0 Å². The molecule has 0 saturated heterocycles. The van der Waals surface area contributed by atoms with Crippen LogP contribution in [0.2, 0.25) is 0 Å². The molecule has 110 heavy (non-hydrogen) atoms. The van der Waals surface area contributed by atoms with Crippen molar-refractivity contribution in [1.82, 2.24) is 0 Å². The first-order valence-corrected chi connectivity index (χ1v) is 40.0. The predicted octanol–water partition coefficient (Wildman–Crippen LogP) is 20.1. The van der Waals surface area contributed by atoms with E-state index in [9.17, 15) is 0 Å². The van der Waals surface area contributed by atoms with Gasteiger partial charge >= 0.3 is 0 Å². The minimum absolute atomic E-state index is 0.234. The second kappa shape index (κ2) is 33.7. The maximum atomic E-state index is 2.47. The van der Waals surface area contributed by atoms with Gasteiger partial charge in [-0.05, 0) is 294 Å². The summed E-state index contributed by atoms with van der Waals surface area (Å²) in [4.78, 5) is 0. The third-order valence-electron chi connectivity index (χ3n) is 24.3. The smallest absolute Gasteiger partial charge is 0.201 e. The molecule has 1 saturated carbocycles. The Kier molecular flexibility index (Phi) is 25.3. The van der Waals surface area contributed by atoms with Crippen LogP contribution in [0.4, 0.5) is 0 Å². The Balaban J connectivity index is 0.000000156. The molecule has 0 atom stereocenters. The molecule has 12 aromatic rings. The lowest BCUT2D eigenvalue weighted by Crippen LogP contribution is -2.33. The minimum atomic E-state index is 0.234. The van der Waals surface area contributed by atoms with E-state index in [4.69, 9.17) is 0 Å². The molecule has 8 nitrogen and oxygen atoms in total. The fourth-order valence-corrected chi connectivity index (χ4v) is 17.4. The first-order valence-electron chi connectivity index (χ1n) is 40.0. The first-order chi connectivity index (χ1) is 51.8. The normalized spacial score (nSPS) is 12.2. The van der Waals surface area contributed by atoms with Crippen molar-refractivity contribution in [3.05, 3.63) is 281 Å².